The van der Waals surface area contributed by atoms with Gasteiger partial charge in [-0.3, -0.25) is 0 Å². The SMILES string of the molecule is CCCS(=O)Nc1ccc(Cl)c(-c2cc(OC)c3nc(-c4ccc(N)nc4)nc(N4CCOCC4)c3c2)c1F. The van der Waals surface area contributed by atoms with E-state index < -0.39 is 16.8 Å². The van der Waals surface area contributed by atoms with Crippen LogP contribution in [0.25, 0.3) is 33.4 Å². The number of morpholine rings is 1. The highest BCUT2D eigenvalue weighted by Crippen LogP contribution is 2.41. The molecule has 0 spiro atoms. The van der Waals surface area contributed by atoms with Gasteiger partial charge in [0.15, 0.2) is 11.6 Å². The molecular weight excluding hydrogens is 543 g/mol. The summed E-state index contributed by atoms with van der Waals surface area (Å²) in [7, 11) is 0.112. The topological polar surface area (TPSA) is 115 Å². The van der Waals surface area contributed by atoms with Crippen molar-refractivity contribution in [1.29, 1.82) is 0 Å². The summed E-state index contributed by atoms with van der Waals surface area (Å²) in [5.41, 5.74) is 7.78. The van der Waals surface area contributed by atoms with Crippen LogP contribution in [0, 0.1) is 5.82 Å². The molecule has 1 fully saturated rings. The zero-order valence-electron chi connectivity index (χ0n) is 21.5. The first-order valence-electron chi connectivity index (χ1n) is 12.5. The molecule has 4 aromatic rings. The maximum atomic E-state index is 15.8. The predicted molar refractivity (Wildman–Crippen MR) is 154 cm³/mol. The molecule has 12 heteroatoms. The average molecular weight is 571 g/mol. The third-order valence-corrected chi connectivity index (χ3v) is 7.86. The summed E-state index contributed by atoms with van der Waals surface area (Å²) in [6.45, 7) is 4.24. The number of rotatable bonds is 8. The fourth-order valence-electron chi connectivity index (χ4n) is 4.42. The lowest BCUT2D eigenvalue weighted by Crippen LogP contribution is -2.37. The van der Waals surface area contributed by atoms with Crippen molar-refractivity contribution in [2.45, 2.75) is 13.3 Å². The molecule has 5 rings (SSSR count). The number of benzene rings is 2. The van der Waals surface area contributed by atoms with Crippen LogP contribution in [-0.2, 0) is 15.7 Å². The summed E-state index contributed by atoms with van der Waals surface area (Å²) in [4.78, 5) is 16.0. The molecule has 1 aliphatic rings. The molecule has 0 aliphatic carbocycles. The number of nitrogen functional groups attached to an aromatic ring is 1. The van der Waals surface area contributed by atoms with Gasteiger partial charge in [-0.05, 0) is 48.4 Å². The van der Waals surface area contributed by atoms with E-state index in [1.165, 1.54) is 13.2 Å². The summed E-state index contributed by atoms with van der Waals surface area (Å²) in [5.74, 6) is 1.72. The molecular formula is C27H28ClFN6O3S. The van der Waals surface area contributed by atoms with E-state index in [-0.39, 0.29) is 16.3 Å². The number of ether oxygens (including phenoxy) is 2. The molecule has 3 heterocycles. The predicted octanol–water partition coefficient (Wildman–Crippen LogP) is 5.06. The van der Waals surface area contributed by atoms with Crippen molar-refractivity contribution in [1.82, 2.24) is 15.0 Å². The van der Waals surface area contributed by atoms with E-state index in [0.29, 0.717) is 83.7 Å². The fourth-order valence-corrected chi connectivity index (χ4v) is 5.55. The van der Waals surface area contributed by atoms with Crippen molar-refractivity contribution in [3.05, 3.63) is 53.4 Å². The quantitative estimate of drug-likeness (QED) is 0.302. The summed E-state index contributed by atoms with van der Waals surface area (Å²) >= 11 is 6.53. The van der Waals surface area contributed by atoms with Gasteiger partial charge in [0, 0.05) is 41.6 Å². The first kappa shape index (κ1) is 27.0. The van der Waals surface area contributed by atoms with E-state index in [1.54, 1.807) is 24.4 Å². The first-order chi connectivity index (χ1) is 18.9. The molecule has 1 atom stereocenters. The highest BCUT2D eigenvalue weighted by molar-refractivity contribution is 7.86. The van der Waals surface area contributed by atoms with Crippen molar-refractivity contribution in [3.8, 4) is 28.3 Å². The molecule has 0 amide bonds. The Bertz CT molecular complexity index is 1530. The third kappa shape index (κ3) is 5.61. The van der Waals surface area contributed by atoms with E-state index in [0.717, 1.165) is 0 Å². The second-order valence-electron chi connectivity index (χ2n) is 8.95. The van der Waals surface area contributed by atoms with Crippen LogP contribution in [0.5, 0.6) is 5.75 Å². The molecule has 1 aliphatic heterocycles. The number of hydrogen-bond donors (Lipinski definition) is 2. The number of nitrogens with two attached hydrogens (primary N) is 1. The highest BCUT2D eigenvalue weighted by Gasteiger charge is 2.23. The van der Waals surface area contributed by atoms with Gasteiger partial charge in [-0.25, -0.2) is 23.6 Å². The van der Waals surface area contributed by atoms with Gasteiger partial charge < -0.3 is 24.8 Å². The highest BCUT2D eigenvalue weighted by atomic mass is 35.5. The van der Waals surface area contributed by atoms with Crippen LogP contribution in [0.4, 0.5) is 21.7 Å². The van der Waals surface area contributed by atoms with E-state index >= 15 is 4.39 Å². The number of fused-ring (bicyclic) bond motifs is 1. The Morgan fingerprint density at radius 1 is 1.18 bits per heavy atom. The average Bonchev–Trinajstić information content (AvgIpc) is 2.94. The lowest BCUT2D eigenvalue weighted by Gasteiger charge is -2.29. The molecule has 0 radical (unpaired) electrons. The van der Waals surface area contributed by atoms with Crippen LogP contribution in [-0.4, -0.2) is 58.3 Å². The Kier molecular flexibility index (Phi) is 8.10. The van der Waals surface area contributed by atoms with Gasteiger partial charge in [-0.2, -0.15) is 0 Å². The summed E-state index contributed by atoms with van der Waals surface area (Å²) in [6, 6.07) is 10.1. The number of methoxy groups -OCH3 is 1. The number of nitrogens with one attached hydrogen (secondary N) is 1. The number of aromatic nitrogens is 3. The Morgan fingerprint density at radius 3 is 2.67 bits per heavy atom. The van der Waals surface area contributed by atoms with Crippen LogP contribution >= 0.6 is 11.6 Å². The minimum Gasteiger partial charge on any atom is -0.494 e. The zero-order valence-corrected chi connectivity index (χ0v) is 23.1. The minimum absolute atomic E-state index is 0.107. The maximum Gasteiger partial charge on any atom is 0.163 e. The Morgan fingerprint density at radius 2 is 1.97 bits per heavy atom. The second-order valence-corrected chi connectivity index (χ2v) is 10.7. The standard InChI is InChI=1S/C27H28ClFN6O3S/c1-3-12-39(36)34-20-6-5-19(28)23(24(20)29)17-13-18-25(21(14-17)37-2)32-26(16-4-7-22(30)31-15-16)33-27(18)35-8-10-38-11-9-35/h4-7,13-15,34H,3,8-12H2,1-2H3,(H2,30,31). The van der Waals surface area contributed by atoms with E-state index in [1.807, 2.05) is 19.1 Å². The lowest BCUT2D eigenvalue weighted by atomic mass is 10.0. The maximum absolute atomic E-state index is 15.8. The Hall–Kier alpha value is -3.54. The number of pyridine rings is 1. The van der Waals surface area contributed by atoms with Gasteiger partial charge >= 0.3 is 0 Å². The molecule has 1 unspecified atom stereocenters. The van der Waals surface area contributed by atoms with Crippen molar-refractivity contribution in [2.75, 3.05) is 54.5 Å². The van der Waals surface area contributed by atoms with Crippen LogP contribution in [0.2, 0.25) is 5.02 Å². The van der Waals surface area contributed by atoms with Gasteiger partial charge in [0.05, 0.1) is 31.0 Å². The normalized spacial score (nSPS) is 14.4. The minimum atomic E-state index is -1.42. The molecule has 3 N–H and O–H groups in total. The van der Waals surface area contributed by atoms with Crippen LogP contribution in [0.15, 0.2) is 42.6 Å². The molecule has 0 saturated carbocycles. The van der Waals surface area contributed by atoms with E-state index in [2.05, 4.69) is 14.6 Å². The van der Waals surface area contributed by atoms with Crippen molar-refractivity contribution >= 4 is 50.8 Å². The van der Waals surface area contributed by atoms with Crippen molar-refractivity contribution in [2.24, 2.45) is 0 Å². The Labute approximate surface area is 233 Å². The van der Waals surface area contributed by atoms with Crippen LogP contribution in [0.3, 0.4) is 0 Å². The molecule has 1 saturated heterocycles. The molecule has 2 aromatic carbocycles. The lowest BCUT2D eigenvalue weighted by molar-refractivity contribution is 0.122. The number of nitrogens with zero attached hydrogens (tertiary/aromatic N) is 4. The van der Waals surface area contributed by atoms with Gasteiger partial charge in [0.25, 0.3) is 0 Å². The molecule has 2 aromatic heterocycles. The summed E-state index contributed by atoms with van der Waals surface area (Å²) in [6.07, 6.45) is 2.32. The number of hydrogen-bond acceptors (Lipinski definition) is 8. The summed E-state index contributed by atoms with van der Waals surface area (Å²) in [5, 5.41) is 0.876. The smallest absolute Gasteiger partial charge is 0.163 e. The zero-order chi connectivity index (χ0) is 27.5. The Balaban J connectivity index is 1.72. The first-order valence-corrected chi connectivity index (χ1v) is 14.2. The molecule has 0 bridgehead atoms. The molecule has 9 nitrogen and oxygen atoms in total. The fraction of sp³-hybridized carbons (Fsp3) is 0.296. The van der Waals surface area contributed by atoms with Gasteiger partial charge in [0.1, 0.15) is 33.9 Å². The second kappa shape index (κ2) is 11.7. The molecule has 204 valence electrons. The third-order valence-electron chi connectivity index (χ3n) is 6.31. The molecule has 39 heavy (non-hydrogen) atoms. The van der Waals surface area contributed by atoms with Crippen LogP contribution in [0.1, 0.15) is 13.3 Å². The van der Waals surface area contributed by atoms with Gasteiger partial charge in [-0.15, -0.1) is 0 Å². The van der Waals surface area contributed by atoms with E-state index in [4.69, 9.17) is 36.8 Å². The van der Waals surface area contributed by atoms with Crippen molar-refractivity contribution in [3.63, 3.8) is 0 Å². The van der Waals surface area contributed by atoms with E-state index in [9.17, 15) is 4.21 Å². The number of halogens is 2. The largest absolute Gasteiger partial charge is 0.494 e. The number of anilines is 3. The van der Waals surface area contributed by atoms with Gasteiger partial charge in [0.2, 0.25) is 0 Å². The van der Waals surface area contributed by atoms with Crippen LogP contribution < -0.4 is 20.1 Å². The van der Waals surface area contributed by atoms with Crippen molar-refractivity contribution < 1.29 is 18.1 Å². The van der Waals surface area contributed by atoms with Gasteiger partial charge in [-0.1, -0.05) is 18.5 Å². The monoisotopic (exact) mass is 570 g/mol. The summed E-state index contributed by atoms with van der Waals surface area (Å²) < 4.78 is 42.2.